The van der Waals surface area contributed by atoms with Crippen molar-refractivity contribution in [1.82, 2.24) is 40.6 Å². The van der Waals surface area contributed by atoms with Crippen LogP contribution < -0.4 is 20.4 Å². The molecule has 198 valence electrons. The summed E-state index contributed by atoms with van der Waals surface area (Å²) in [6.07, 6.45) is 0. The molecule has 4 N–H and O–H groups in total. The molecule has 1 aromatic rings. The average Bonchev–Trinajstić information content (AvgIpc) is 2.93. The van der Waals surface area contributed by atoms with Crippen LogP contribution in [0, 0.1) is 0 Å². The lowest BCUT2D eigenvalue weighted by atomic mass is 10.2. The molecule has 0 radical (unpaired) electrons. The minimum absolute atomic E-state index is 0.142. The number of hydrogen-bond acceptors (Lipinski definition) is 12. The minimum Gasteiger partial charge on any atom is -0.476 e. The molecule has 36 heavy (non-hydrogen) atoms. The molecule has 14 nitrogen and oxygen atoms in total. The van der Waals surface area contributed by atoms with E-state index in [0.717, 1.165) is 78.5 Å². The Hall–Kier alpha value is -2.62. The van der Waals surface area contributed by atoms with Gasteiger partial charge in [-0.2, -0.15) is 0 Å². The first-order chi connectivity index (χ1) is 17.5. The Labute approximate surface area is 210 Å². The molecule has 0 atom stereocenters. The highest BCUT2D eigenvalue weighted by Gasteiger charge is 2.32. The molecule has 0 saturated carbocycles. The van der Waals surface area contributed by atoms with Crippen LogP contribution in [0.1, 0.15) is 21.0 Å². The zero-order valence-electron chi connectivity index (χ0n) is 20.6. The number of hydrazine groups is 2. The van der Waals surface area contributed by atoms with Gasteiger partial charge < -0.3 is 30.6 Å². The molecule has 0 aromatic carbocycles. The van der Waals surface area contributed by atoms with Gasteiger partial charge in [0, 0.05) is 105 Å². The van der Waals surface area contributed by atoms with Crippen LogP contribution in [0.3, 0.4) is 0 Å². The first-order valence-electron chi connectivity index (χ1n) is 12.8. The molecule has 5 heterocycles. The second kappa shape index (κ2) is 11.2. The Morgan fingerprint density at radius 1 is 0.528 bits per heavy atom. The van der Waals surface area contributed by atoms with Crippen LogP contribution in [-0.4, -0.2) is 157 Å². The molecule has 5 rings (SSSR count). The molecular weight excluding hydrogens is 468 g/mol. The number of aromatic nitrogens is 2. The van der Waals surface area contributed by atoms with Gasteiger partial charge in [-0.25, -0.2) is 39.6 Å². The quantitative estimate of drug-likeness (QED) is 0.331. The van der Waals surface area contributed by atoms with E-state index in [9.17, 15) is 19.8 Å². The van der Waals surface area contributed by atoms with Crippen molar-refractivity contribution in [3.05, 3.63) is 11.4 Å². The molecule has 0 spiro atoms. The van der Waals surface area contributed by atoms with Gasteiger partial charge in [-0.1, -0.05) is 0 Å². The van der Waals surface area contributed by atoms with E-state index in [1.807, 2.05) is 9.80 Å². The van der Waals surface area contributed by atoms with Crippen LogP contribution in [0.5, 0.6) is 0 Å². The molecular formula is C22H36N10O4. The maximum Gasteiger partial charge on any atom is 0.358 e. The number of carbonyl (C=O) groups is 2. The van der Waals surface area contributed by atoms with Gasteiger partial charge in [-0.3, -0.25) is 0 Å². The van der Waals surface area contributed by atoms with Crippen molar-refractivity contribution in [2.75, 3.05) is 115 Å². The van der Waals surface area contributed by atoms with Gasteiger partial charge in [0.25, 0.3) is 0 Å². The van der Waals surface area contributed by atoms with E-state index < -0.39 is 11.9 Å². The third-order valence-electron chi connectivity index (χ3n) is 7.36. The number of piperazine rings is 4. The summed E-state index contributed by atoms with van der Waals surface area (Å²) in [4.78, 5) is 36.9. The van der Waals surface area contributed by atoms with E-state index in [-0.39, 0.29) is 23.0 Å². The van der Waals surface area contributed by atoms with E-state index in [1.54, 1.807) is 0 Å². The number of hydrogen-bond donors (Lipinski definition) is 4. The average molecular weight is 505 g/mol. The van der Waals surface area contributed by atoms with Crippen LogP contribution in [0.2, 0.25) is 0 Å². The number of rotatable bonds is 6. The molecule has 0 bridgehead atoms. The zero-order valence-corrected chi connectivity index (χ0v) is 20.6. The van der Waals surface area contributed by atoms with Crippen molar-refractivity contribution in [1.29, 1.82) is 0 Å². The number of nitrogens with zero attached hydrogens (tertiary/aromatic N) is 8. The second-order valence-corrected chi connectivity index (χ2v) is 9.47. The van der Waals surface area contributed by atoms with Crippen molar-refractivity contribution < 1.29 is 19.8 Å². The minimum atomic E-state index is -1.19. The fourth-order valence-corrected chi connectivity index (χ4v) is 5.40. The number of carboxylic acid groups (broad SMARTS) is 2. The molecule has 4 saturated heterocycles. The van der Waals surface area contributed by atoms with Gasteiger partial charge in [0.05, 0.1) is 0 Å². The van der Waals surface area contributed by atoms with E-state index in [4.69, 9.17) is 0 Å². The smallest absolute Gasteiger partial charge is 0.358 e. The normalized spacial score (nSPS) is 23.7. The number of aromatic carboxylic acids is 2. The standard InChI is InChI=1S/C22H36N10O4/c33-21(34)17-19(27-9-13-31(14-10-27)29-5-1-23-2-6-29)25-18(22(35)36)20(26-17)28-11-15-32(16-12-28)30-7-3-24-4-8-30/h23-24H,1-16H2,(H,33,34)(H,35,36). The van der Waals surface area contributed by atoms with Crippen molar-refractivity contribution in [3.63, 3.8) is 0 Å². The molecule has 14 heteroatoms. The van der Waals surface area contributed by atoms with Gasteiger partial charge in [0.15, 0.2) is 23.0 Å². The Balaban J connectivity index is 1.32. The number of anilines is 2. The van der Waals surface area contributed by atoms with E-state index in [0.29, 0.717) is 26.2 Å². The van der Waals surface area contributed by atoms with Crippen LogP contribution in [0.25, 0.3) is 0 Å². The second-order valence-electron chi connectivity index (χ2n) is 9.47. The summed E-state index contributed by atoms with van der Waals surface area (Å²) < 4.78 is 0. The zero-order chi connectivity index (χ0) is 25.1. The summed E-state index contributed by atoms with van der Waals surface area (Å²) in [5.41, 5.74) is -0.370. The first-order valence-corrected chi connectivity index (χ1v) is 12.8. The lowest BCUT2D eigenvalue weighted by Gasteiger charge is -2.44. The van der Waals surface area contributed by atoms with Gasteiger partial charge in [0.2, 0.25) is 0 Å². The summed E-state index contributed by atoms with van der Waals surface area (Å²) in [6, 6.07) is 0. The van der Waals surface area contributed by atoms with E-state index >= 15 is 0 Å². The highest BCUT2D eigenvalue weighted by atomic mass is 16.4. The molecule has 0 unspecified atom stereocenters. The lowest BCUT2D eigenvalue weighted by Crippen LogP contribution is -2.59. The van der Waals surface area contributed by atoms with Crippen LogP contribution in [0.15, 0.2) is 0 Å². The van der Waals surface area contributed by atoms with Crippen molar-refractivity contribution >= 4 is 23.6 Å². The Morgan fingerprint density at radius 2 is 0.833 bits per heavy atom. The fourth-order valence-electron chi connectivity index (χ4n) is 5.40. The maximum absolute atomic E-state index is 12.2. The maximum atomic E-state index is 12.2. The number of carboxylic acids is 2. The largest absolute Gasteiger partial charge is 0.476 e. The Kier molecular flexibility index (Phi) is 7.79. The highest BCUT2D eigenvalue weighted by molar-refractivity contribution is 5.96. The summed E-state index contributed by atoms with van der Waals surface area (Å²) in [7, 11) is 0. The first kappa shape index (κ1) is 25.0. The van der Waals surface area contributed by atoms with Gasteiger partial charge in [0.1, 0.15) is 0 Å². The predicted octanol–water partition coefficient (Wildman–Crippen LogP) is -2.24. The van der Waals surface area contributed by atoms with Crippen LogP contribution in [0.4, 0.5) is 11.6 Å². The Morgan fingerprint density at radius 3 is 1.14 bits per heavy atom. The fraction of sp³-hybridized carbons (Fsp3) is 0.727. The number of nitrogens with one attached hydrogen (secondary N) is 2. The van der Waals surface area contributed by atoms with Gasteiger partial charge >= 0.3 is 11.9 Å². The van der Waals surface area contributed by atoms with E-state index in [2.05, 4.69) is 40.6 Å². The summed E-state index contributed by atoms with van der Waals surface area (Å²) in [6.45, 7) is 12.7. The molecule has 4 fully saturated rings. The molecule has 4 aliphatic rings. The topological polar surface area (TPSA) is 144 Å². The molecule has 0 aliphatic carbocycles. The molecule has 4 aliphatic heterocycles. The van der Waals surface area contributed by atoms with E-state index in [1.165, 1.54) is 0 Å². The lowest BCUT2D eigenvalue weighted by molar-refractivity contribution is -0.0377. The third-order valence-corrected chi connectivity index (χ3v) is 7.36. The van der Waals surface area contributed by atoms with Gasteiger partial charge in [-0.05, 0) is 0 Å². The summed E-state index contributed by atoms with van der Waals surface area (Å²) >= 11 is 0. The van der Waals surface area contributed by atoms with Crippen molar-refractivity contribution in [2.24, 2.45) is 0 Å². The van der Waals surface area contributed by atoms with Crippen LogP contribution >= 0.6 is 0 Å². The monoisotopic (exact) mass is 504 g/mol. The van der Waals surface area contributed by atoms with Crippen molar-refractivity contribution in [3.8, 4) is 0 Å². The van der Waals surface area contributed by atoms with Gasteiger partial charge in [-0.15, -0.1) is 0 Å². The van der Waals surface area contributed by atoms with Crippen molar-refractivity contribution in [2.45, 2.75) is 0 Å². The third kappa shape index (κ3) is 5.38. The predicted molar refractivity (Wildman–Crippen MR) is 132 cm³/mol. The van der Waals surface area contributed by atoms with Crippen LogP contribution in [-0.2, 0) is 0 Å². The summed E-state index contributed by atoms with van der Waals surface area (Å²) in [5.74, 6) is -2.11. The SMILES string of the molecule is O=C(O)c1nc(N2CCN(N3CCNCC3)CC2)c(C(=O)O)nc1N1CCN(N2CCNCC2)CC1. The highest BCUT2D eigenvalue weighted by Crippen LogP contribution is 2.26. The molecule has 0 amide bonds. The summed E-state index contributed by atoms with van der Waals surface area (Å²) in [5, 5.41) is 35.9. The Bertz CT molecular complexity index is 861. The molecule has 1 aromatic heterocycles.